The SMILES string of the molecule is Cc1nc2cc(CN(C)CC(C)C(=O)O)ccc2o1. The van der Waals surface area contributed by atoms with E-state index in [0.29, 0.717) is 19.0 Å². The molecule has 0 saturated carbocycles. The van der Waals surface area contributed by atoms with E-state index in [2.05, 4.69) is 4.98 Å². The monoisotopic (exact) mass is 262 g/mol. The van der Waals surface area contributed by atoms with Crippen LogP contribution in [0.15, 0.2) is 22.6 Å². The van der Waals surface area contributed by atoms with Gasteiger partial charge >= 0.3 is 5.97 Å². The van der Waals surface area contributed by atoms with E-state index >= 15 is 0 Å². The molecule has 1 aromatic carbocycles. The number of aliphatic carboxylic acids is 1. The first-order valence-corrected chi connectivity index (χ1v) is 6.23. The summed E-state index contributed by atoms with van der Waals surface area (Å²) in [5, 5.41) is 8.89. The average Bonchev–Trinajstić information content (AvgIpc) is 2.68. The molecule has 0 aliphatic heterocycles. The lowest BCUT2D eigenvalue weighted by atomic mass is 10.1. The minimum absolute atomic E-state index is 0.372. The van der Waals surface area contributed by atoms with Gasteiger partial charge in [0.15, 0.2) is 11.5 Å². The van der Waals surface area contributed by atoms with E-state index in [1.54, 1.807) is 6.92 Å². The summed E-state index contributed by atoms with van der Waals surface area (Å²) in [7, 11) is 1.91. The minimum Gasteiger partial charge on any atom is -0.481 e. The van der Waals surface area contributed by atoms with E-state index in [-0.39, 0.29) is 5.92 Å². The van der Waals surface area contributed by atoms with Gasteiger partial charge in [0.2, 0.25) is 0 Å². The summed E-state index contributed by atoms with van der Waals surface area (Å²) in [6, 6.07) is 5.86. The van der Waals surface area contributed by atoms with Crippen molar-refractivity contribution in [1.29, 1.82) is 0 Å². The molecular weight excluding hydrogens is 244 g/mol. The number of hydrogen-bond donors (Lipinski definition) is 1. The van der Waals surface area contributed by atoms with Crippen LogP contribution in [-0.4, -0.2) is 34.6 Å². The zero-order valence-electron chi connectivity index (χ0n) is 11.4. The van der Waals surface area contributed by atoms with Crippen LogP contribution in [0.4, 0.5) is 0 Å². The molecule has 0 spiro atoms. The predicted octanol–water partition coefficient (Wildman–Crippen LogP) is 2.29. The fourth-order valence-corrected chi connectivity index (χ4v) is 2.11. The topological polar surface area (TPSA) is 66.6 Å². The molecule has 1 unspecified atom stereocenters. The second kappa shape index (κ2) is 5.40. The van der Waals surface area contributed by atoms with Crippen LogP contribution in [0.3, 0.4) is 0 Å². The Hall–Kier alpha value is -1.88. The Morgan fingerprint density at radius 1 is 1.53 bits per heavy atom. The number of carboxylic acids is 1. The lowest BCUT2D eigenvalue weighted by molar-refractivity contribution is -0.141. The standard InChI is InChI=1S/C14H18N2O3/c1-9(14(17)18)7-16(3)8-11-4-5-13-12(6-11)15-10(2)19-13/h4-6,9H,7-8H2,1-3H3,(H,17,18). The van der Waals surface area contributed by atoms with Gasteiger partial charge in [0.1, 0.15) is 5.52 Å². The molecule has 2 aromatic rings. The Labute approximate surface area is 111 Å². The van der Waals surface area contributed by atoms with Crippen molar-refractivity contribution < 1.29 is 14.3 Å². The van der Waals surface area contributed by atoms with Gasteiger partial charge in [-0.15, -0.1) is 0 Å². The van der Waals surface area contributed by atoms with Gasteiger partial charge in [-0.25, -0.2) is 4.98 Å². The maximum absolute atomic E-state index is 10.8. The Kier molecular flexibility index (Phi) is 3.85. The van der Waals surface area contributed by atoms with Gasteiger partial charge in [-0.3, -0.25) is 4.79 Å². The van der Waals surface area contributed by atoms with E-state index in [0.717, 1.165) is 16.7 Å². The highest BCUT2D eigenvalue weighted by Crippen LogP contribution is 2.17. The maximum Gasteiger partial charge on any atom is 0.307 e. The number of benzene rings is 1. The summed E-state index contributed by atoms with van der Waals surface area (Å²) in [5.41, 5.74) is 2.72. The summed E-state index contributed by atoms with van der Waals surface area (Å²) < 4.78 is 5.42. The van der Waals surface area contributed by atoms with Crippen LogP contribution in [-0.2, 0) is 11.3 Å². The number of rotatable bonds is 5. The molecule has 5 heteroatoms. The largest absolute Gasteiger partial charge is 0.481 e. The number of oxazole rings is 1. The van der Waals surface area contributed by atoms with Crippen molar-refractivity contribution in [3.63, 3.8) is 0 Å². The first-order chi connectivity index (χ1) is 8.95. The third-order valence-electron chi connectivity index (χ3n) is 3.02. The van der Waals surface area contributed by atoms with E-state index < -0.39 is 5.97 Å². The molecular formula is C14H18N2O3. The lowest BCUT2D eigenvalue weighted by Crippen LogP contribution is -2.28. The molecule has 1 heterocycles. The van der Waals surface area contributed by atoms with Gasteiger partial charge in [-0.2, -0.15) is 0 Å². The normalized spacial score (nSPS) is 13.1. The van der Waals surface area contributed by atoms with Crippen molar-refractivity contribution in [1.82, 2.24) is 9.88 Å². The van der Waals surface area contributed by atoms with Crippen molar-refractivity contribution in [2.45, 2.75) is 20.4 Å². The number of carboxylic acid groups (broad SMARTS) is 1. The van der Waals surface area contributed by atoms with Gasteiger partial charge in [0.05, 0.1) is 5.92 Å². The van der Waals surface area contributed by atoms with Gasteiger partial charge in [0.25, 0.3) is 0 Å². The van der Waals surface area contributed by atoms with Crippen LogP contribution in [0.2, 0.25) is 0 Å². The van der Waals surface area contributed by atoms with Crippen LogP contribution >= 0.6 is 0 Å². The third kappa shape index (κ3) is 3.32. The Balaban J connectivity index is 2.06. The van der Waals surface area contributed by atoms with Gasteiger partial charge < -0.3 is 14.4 Å². The number of hydrogen-bond acceptors (Lipinski definition) is 4. The second-order valence-corrected chi connectivity index (χ2v) is 4.97. The molecule has 0 saturated heterocycles. The number of carbonyl (C=O) groups is 1. The van der Waals surface area contributed by atoms with Crippen molar-refractivity contribution in [3.05, 3.63) is 29.7 Å². The summed E-state index contributed by atoms with van der Waals surface area (Å²) in [4.78, 5) is 17.1. The van der Waals surface area contributed by atoms with Crippen molar-refractivity contribution in [3.8, 4) is 0 Å². The number of nitrogens with zero attached hydrogens (tertiary/aromatic N) is 2. The van der Waals surface area contributed by atoms with E-state index in [1.807, 2.05) is 37.1 Å². The van der Waals surface area contributed by atoms with Gasteiger partial charge in [-0.05, 0) is 24.7 Å². The Morgan fingerprint density at radius 2 is 2.26 bits per heavy atom. The molecule has 1 aromatic heterocycles. The zero-order chi connectivity index (χ0) is 14.0. The zero-order valence-corrected chi connectivity index (χ0v) is 11.4. The first-order valence-electron chi connectivity index (χ1n) is 6.23. The Bertz CT molecular complexity index is 591. The highest BCUT2D eigenvalue weighted by atomic mass is 16.4. The van der Waals surface area contributed by atoms with Crippen LogP contribution in [0.25, 0.3) is 11.1 Å². The molecule has 0 bridgehead atoms. The third-order valence-corrected chi connectivity index (χ3v) is 3.02. The molecule has 1 N–H and O–H groups in total. The first kappa shape index (κ1) is 13.5. The molecule has 0 amide bonds. The molecule has 0 aliphatic carbocycles. The van der Waals surface area contributed by atoms with Crippen LogP contribution in [0.5, 0.6) is 0 Å². The number of aromatic nitrogens is 1. The molecule has 19 heavy (non-hydrogen) atoms. The maximum atomic E-state index is 10.8. The number of aryl methyl sites for hydroxylation is 1. The van der Waals surface area contributed by atoms with Crippen molar-refractivity contribution in [2.75, 3.05) is 13.6 Å². The van der Waals surface area contributed by atoms with Gasteiger partial charge in [-0.1, -0.05) is 13.0 Å². The fraction of sp³-hybridized carbons (Fsp3) is 0.429. The molecule has 0 radical (unpaired) electrons. The molecule has 5 nitrogen and oxygen atoms in total. The van der Waals surface area contributed by atoms with Crippen molar-refractivity contribution >= 4 is 17.1 Å². The van der Waals surface area contributed by atoms with Crippen molar-refractivity contribution in [2.24, 2.45) is 5.92 Å². The quantitative estimate of drug-likeness (QED) is 0.895. The summed E-state index contributed by atoms with van der Waals surface area (Å²) in [5.74, 6) is -0.488. The van der Waals surface area contributed by atoms with E-state index in [4.69, 9.17) is 9.52 Å². The molecule has 2 rings (SSSR count). The van der Waals surface area contributed by atoms with Crippen LogP contribution in [0, 0.1) is 12.8 Å². The summed E-state index contributed by atoms with van der Waals surface area (Å²) in [6.07, 6.45) is 0. The molecule has 1 atom stereocenters. The minimum atomic E-state index is -0.769. The predicted molar refractivity (Wildman–Crippen MR) is 71.9 cm³/mol. The summed E-state index contributed by atoms with van der Waals surface area (Å²) >= 11 is 0. The smallest absolute Gasteiger partial charge is 0.307 e. The number of fused-ring (bicyclic) bond motifs is 1. The molecule has 102 valence electrons. The lowest BCUT2D eigenvalue weighted by Gasteiger charge is -2.18. The fourth-order valence-electron chi connectivity index (χ4n) is 2.11. The van der Waals surface area contributed by atoms with Gasteiger partial charge in [0, 0.05) is 20.0 Å². The molecule has 0 aliphatic rings. The van der Waals surface area contributed by atoms with Crippen LogP contribution < -0.4 is 0 Å². The molecule has 0 fully saturated rings. The average molecular weight is 262 g/mol. The van der Waals surface area contributed by atoms with Crippen LogP contribution in [0.1, 0.15) is 18.4 Å². The Morgan fingerprint density at radius 3 is 2.95 bits per heavy atom. The van der Waals surface area contributed by atoms with E-state index in [1.165, 1.54) is 0 Å². The highest BCUT2D eigenvalue weighted by molar-refractivity contribution is 5.73. The van der Waals surface area contributed by atoms with E-state index in [9.17, 15) is 4.79 Å². The summed E-state index contributed by atoms with van der Waals surface area (Å²) in [6.45, 7) is 4.74. The second-order valence-electron chi connectivity index (χ2n) is 4.97. The highest BCUT2D eigenvalue weighted by Gasteiger charge is 2.14.